The molecule has 5 nitrogen and oxygen atoms in total. The van der Waals surface area contributed by atoms with E-state index in [4.69, 9.17) is 23.8 Å². The van der Waals surface area contributed by atoms with Gasteiger partial charge in [-0.25, -0.2) is 0 Å². The van der Waals surface area contributed by atoms with Crippen molar-refractivity contribution in [1.82, 2.24) is 5.32 Å². The van der Waals surface area contributed by atoms with Crippen molar-refractivity contribution in [3.63, 3.8) is 0 Å². The first-order chi connectivity index (χ1) is 17.1. The molecule has 0 aliphatic rings. The third-order valence-electron chi connectivity index (χ3n) is 5.73. The summed E-state index contributed by atoms with van der Waals surface area (Å²) in [5.41, 5.74) is 3.44. The van der Waals surface area contributed by atoms with E-state index in [9.17, 15) is 9.59 Å². The van der Waals surface area contributed by atoms with Gasteiger partial charge >= 0.3 is 0 Å². The largest absolute Gasteiger partial charge is 0.332 e. The van der Waals surface area contributed by atoms with E-state index in [1.165, 1.54) is 0 Å². The molecule has 0 aliphatic carbocycles. The highest BCUT2D eigenvalue weighted by Gasteiger charge is 2.15. The van der Waals surface area contributed by atoms with Gasteiger partial charge in [-0.2, -0.15) is 0 Å². The number of anilines is 2. The van der Waals surface area contributed by atoms with Crippen LogP contribution in [-0.4, -0.2) is 16.9 Å². The molecule has 4 aromatic rings. The van der Waals surface area contributed by atoms with Gasteiger partial charge in [-0.1, -0.05) is 74.8 Å². The summed E-state index contributed by atoms with van der Waals surface area (Å²) >= 11 is 11.6. The maximum absolute atomic E-state index is 12.9. The van der Waals surface area contributed by atoms with E-state index in [0.29, 0.717) is 27.5 Å². The zero-order valence-electron chi connectivity index (χ0n) is 20.2. The number of thiocarbonyl (C=S) groups is 1. The third kappa shape index (κ3) is 5.90. The van der Waals surface area contributed by atoms with Crippen molar-refractivity contribution in [2.75, 3.05) is 10.6 Å². The van der Waals surface area contributed by atoms with E-state index < -0.39 is 0 Å². The van der Waals surface area contributed by atoms with Gasteiger partial charge in [-0.3, -0.25) is 14.9 Å². The van der Waals surface area contributed by atoms with E-state index in [2.05, 4.69) is 36.7 Å². The Labute approximate surface area is 220 Å². The van der Waals surface area contributed by atoms with Crippen molar-refractivity contribution in [3.8, 4) is 0 Å². The molecule has 0 saturated heterocycles. The lowest BCUT2D eigenvalue weighted by Gasteiger charge is -2.19. The number of halogens is 1. The van der Waals surface area contributed by atoms with Crippen LogP contribution < -0.4 is 16.0 Å². The number of nitrogens with one attached hydrogen (secondary N) is 3. The molecule has 36 heavy (non-hydrogen) atoms. The van der Waals surface area contributed by atoms with Crippen LogP contribution in [0.4, 0.5) is 11.4 Å². The van der Waals surface area contributed by atoms with Crippen molar-refractivity contribution in [2.24, 2.45) is 0 Å². The molecular formula is C29H26ClN3O2S. The topological polar surface area (TPSA) is 70.2 Å². The van der Waals surface area contributed by atoms with Gasteiger partial charge in [0.05, 0.1) is 0 Å². The molecule has 0 unspecified atom stereocenters. The Hall–Kier alpha value is -3.74. The molecule has 0 fully saturated rings. The SMILES string of the molecule is CC(C)(C)c1ccc(C(=O)Nc2cccc(NC(=S)NC(=O)c3cccc4c(Cl)cccc34)c2)cc1. The lowest BCUT2D eigenvalue weighted by molar-refractivity contribution is 0.0978. The number of carbonyl (C=O) groups is 2. The van der Waals surface area contributed by atoms with Gasteiger partial charge in [0, 0.05) is 32.9 Å². The summed E-state index contributed by atoms with van der Waals surface area (Å²) in [6.45, 7) is 6.39. The fourth-order valence-corrected chi connectivity index (χ4v) is 4.25. The van der Waals surface area contributed by atoms with Crippen LogP contribution >= 0.6 is 23.8 Å². The molecule has 0 saturated carbocycles. The fraction of sp³-hybridized carbons (Fsp3) is 0.138. The lowest BCUT2D eigenvalue weighted by atomic mass is 9.87. The fourth-order valence-electron chi connectivity index (χ4n) is 3.80. The highest BCUT2D eigenvalue weighted by molar-refractivity contribution is 7.80. The van der Waals surface area contributed by atoms with Crippen molar-refractivity contribution >= 4 is 62.9 Å². The van der Waals surface area contributed by atoms with Gasteiger partial charge in [0.1, 0.15) is 0 Å². The summed E-state index contributed by atoms with van der Waals surface area (Å²) in [5, 5.41) is 10.9. The van der Waals surface area contributed by atoms with Gasteiger partial charge < -0.3 is 10.6 Å². The van der Waals surface area contributed by atoms with E-state index in [1.807, 2.05) is 36.4 Å². The van der Waals surface area contributed by atoms with E-state index in [-0.39, 0.29) is 22.3 Å². The van der Waals surface area contributed by atoms with Gasteiger partial charge in [-0.15, -0.1) is 0 Å². The normalized spacial score (nSPS) is 11.1. The number of benzene rings is 4. The first-order valence-electron chi connectivity index (χ1n) is 11.4. The van der Waals surface area contributed by atoms with Crippen LogP contribution in [0.1, 0.15) is 47.1 Å². The average Bonchev–Trinajstić information content (AvgIpc) is 2.83. The smallest absolute Gasteiger partial charge is 0.258 e. The molecule has 0 aromatic heterocycles. The lowest BCUT2D eigenvalue weighted by Crippen LogP contribution is -2.34. The second-order valence-electron chi connectivity index (χ2n) is 9.41. The minimum atomic E-state index is -0.344. The number of rotatable bonds is 4. The van der Waals surface area contributed by atoms with Gasteiger partial charge in [0.15, 0.2) is 5.11 Å². The number of fused-ring (bicyclic) bond motifs is 1. The standard InChI is InChI=1S/C29H26ClN3O2S/c1-29(2,3)19-15-13-18(14-16-19)26(34)31-20-7-4-8-21(17-20)32-28(36)33-27(35)24-11-5-10-23-22(24)9-6-12-25(23)30/h4-17H,1-3H3,(H,31,34)(H2,32,33,35,36). The highest BCUT2D eigenvalue weighted by atomic mass is 35.5. The van der Waals surface area contributed by atoms with Crippen LogP contribution in [0.15, 0.2) is 84.9 Å². The number of hydrogen-bond donors (Lipinski definition) is 3. The monoisotopic (exact) mass is 515 g/mol. The van der Waals surface area contributed by atoms with Crippen LogP contribution in [0.3, 0.4) is 0 Å². The van der Waals surface area contributed by atoms with Crippen molar-refractivity contribution in [1.29, 1.82) is 0 Å². The minimum Gasteiger partial charge on any atom is -0.332 e. The zero-order chi connectivity index (χ0) is 25.9. The van der Waals surface area contributed by atoms with Crippen LogP contribution in [0.5, 0.6) is 0 Å². The Morgan fingerprint density at radius 2 is 1.36 bits per heavy atom. The summed E-state index contributed by atoms with van der Waals surface area (Å²) in [5.74, 6) is -0.554. The van der Waals surface area contributed by atoms with E-state index in [0.717, 1.165) is 16.3 Å². The quantitative estimate of drug-likeness (QED) is 0.252. The van der Waals surface area contributed by atoms with E-state index >= 15 is 0 Å². The maximum atomic E-state index is 12.9. The molecule has 0 atom stereocenters. The molecule has 0 heterocycles. The number of amides is 2. The Balaban J connectivity index is 1.41. The van der Waals surface area contributed by atoms with E-state index in [1.54, 1.807) is 48.5 Å². The molecule has 0 spiro atoms. The Bertz CT molecular complexity index is 1460. The molecule has 4 rings (SSSR count). The van der Waals surface area contributed by atoms with Crippen molar-refractivity contribution in [3.05, 3.63) is 107 Å². The predicted octanol–water partition coefficient (Wildman–Crippen LogP) is 7.17. The summed E-state index contributed by atoms with van der Waals surface area (Å²) in [6.07, 6.45) is 0. The molecule has 0 aliphatic heterocycles. The molecule has 182 valence electrons. The summed E-state index contributed by atoms with van der Waals surface area (Å²) in [6, 6.07) is 25.5. The van der Waals surface area contributed by atoms with Gasteiger partial charge in [0.25, 0.3) is 11.8 Å². The maximum Gasteiger partial charge on any atom is 0.258 e. The molecular weight excluding hydrogens is 490 g/mol. The second kappa shape index (κ2) is 10.5. The minimum absolute atomic E-state index is 0.0174. The number of carbonyl (C=O) groups excluding carboxylic acids is 2. The van der Waals surface area contributed by atoms with Crippen molar-refractivity contribution < 1.29 is 9.59 Å². The van der Waals surface area contributed by atoms with Gasteiger partial charge in [0.2, 0.25) is 0 Å². The van der Waals surface area contributed by atoms with Crippen LogP contribution in [0.25, 0.3) is 10.8 Å². The molecule has 4 aromatic carbocycles. The molecule has 0 bridgehead atoms. The first kappa shape index (κ1) is 25.4. The average molecular weight is 516 g/mol. The summed E-state index contributed by atoms with van der Waals surface area (Å²) < 4.78 is 0. The Kier molecular flexibility index (Phi) is 7.38. The molecule has 2 amide bonds. The molecule has 3 N–H and O–H groups in total. The van der Waals surface area contributed by atoms with Crippen LogP contribution in [-0.2, 0) is 5.41 Å². The highest BCUT2D eigenvalue weighted by Crippen LogP contribution is 2.26. The Morgan fingerprint density at radius 3 is 2.06 bits per heavy atom. The third-order valence-corrected chi connectivity index (χ3v) is 6.27. The number of hydrogen-bond acceptors (Lipinski definition) is 3. The molecule has 0 radical (unpaired) electrons. The van der Waals surface area contributed by atoms with Crippen molar-refractivity contribution in [2.45, 2.75) is 26.2 Å². The van der Waals surface area contributed by atoms with Crippen LogP contribution in [0, 0.1) is 0 Å². The predicted molar refractivity (Wildman–Crippen MR) is 152 cm³/mol. The first-order valence-corrected chi connectivity index (χ1v) is 12.2. The summed E-state index contributed by atoms with van der Waals surface area (Å²) in [7, 11) is 0. The Morgan fingerprint density at radius 1 is 0.750 bits per heavy atom. The zero-order valence-corrected chi connectivity index (χ0v) is 21.8. The second-order valence-corrected chi connectivity index (χ2v) is 10.2. The van der Waals surface area contributed by atoms with Gasteiger partial charge in [-0.05, 0) is 71.0 Å². The summed E-state index contributed by atoms with van der Waals surface area (Å²) in [4.78, 5) is 25.6. The molecule has 7 heteroatoms. The van der Waals surface area contributed by atoms with Crippen LogP contribution in [0.2, 0.25) is 5.02 Å².